The number of hydrogen-bond donors (Lipinski definition) is 2. The third-order valence-corrected chi connectivity index (χ3v) is 8.97. The Morgan fingerprint density at radius 1 is 1.11 bits per heavy atom. The van der Waals surface area contributed by atoms with Crippen molar-refractivity contribution in [1.29, 1.82) is 0 Å². The molecule has 0 aliphatic rings. The van der Waals surface area contributed by atoms with Crippen molar-refractivity contribution in [2.24, 2.45) is 0 Å². The predicted octanol–water partition coefficient (Wildman–Crippen LogP) is 2.53. The van der Waals surface area contributed by atoms with Gasteiger partial charge in [0.2, 0.25) is 10.0 Å². The minimum Gasteiger partial charge on any atom is -0.380 e. The third kappa shape index (κ3) is 5.58. The van der Waals surface area contributed by atoms with E-state index < -0.39 is 21.3 Å². The van der Waals surface area contributed by atoms with Crippen LogP contribution in [0.1, 0.15) is 39.4 Å². The first-order chi connectivity index (χ1) is 18.2. The van der Waals surface area contributed by atoms with E-state index in [0.29, 0.717) is 65.2 Å². The molecule has 0 aliphatic carbocycles. The summed E-state index contributed by atoms with van der Waals surface area (Å²) in [6.07, 6.45) is 1.70. The normalized spacial score (nSPS) is 12.3. The van der Waals surface area contributed by atoms with Crippen LogP contribution in [0.2, 0.25) is 0 Å². The minimum absolute atomic E-state index is 0.168. The molecular weight excluding hydrogens is 530 g/mol. The third-order valence-electron chi connectivity index (χ3n) is 6.25. The van der Waals surface area contributed by atoms with Gasteiger partial charge in [-0.15, -0.1) is 0 Å². The zero-order chi connectivity index (χ0) is 27.4. The summed E-state index contributed by atoms with van der Waals surface area (Å²) in [6.45, 7) is 7.91. The molecule has 206 valence electrons. The molecule has 3 heterocycles. The number of ether oxygens (including phenoxy) is 1. The summed E-state index contributed by atoms with van der Waals surface area (Å²) in [4.78, 5) is 40.1. The molecule has 4 aromatic rings. The van der Waals surface area contributed by atoms with Gasteiger partial charge >= 0.3 is 5.69 Å². The second kappa shape index (κ2) is 11.8. The number of thioether (sulfide) groups is 1. The molecule has 3 aromatic heterocycles. The molecule has 38 heavy (non-hydrogen) atoms. The van der Waals surface area contributed by atoms with Gasteiger partial charge in [0.1, 0.15) is 5.82 Å². The molecule has 12 nitrogen and oxygen atoms in total. The molecule has 2 N–H and O–H groups in total. The number of H-pyrrole nitrogens is 2. The molecule has 0 amide bonds. The average molecular weight is 564 g/mol. The number of hydrogen-bond acceptors (Lipinski definition) is 8. The molecule has 0 bridgehead atoms. The minimum atomic E-state index is -3.67. The summed E-state index contributed by atoms with van der Waals surface area (Å²) < 4.78 is 35.8. The number of benzene rings is 1. The van der Waals surface area contributed by atoms with E-state index in [1.54, 1.807) is 18.2 Å². The quantitative estimate of drug-likeness (QED) is 0.186. The van der Waals surface area contributed by atoms with Crippen LogP contribution in [0.15, 0.2) is 37.8 Å². The Labute approximate surface area is 224 Å². The van der Waals surface area contributed by atoms with Crippen molar-refractivity contribution < 1.29 is 13.2 Å². The molecule has 4 rings (SSSR count). The van der Waals surface area contributed by atoms with Crippen molar-refractivity contribution in [3.05, 3.63) is 44.9 Å². The van der Waals surface area contributed by atoms with E-state index in [-0.39, 0.29) is 11.4 Å². The Bertz CT molecular complexity index is 1650. The van der Waals surface area contributed by atoms with Crippen LogP contribution in [0.4, 0.5) is 0 Å². The fourth-order valence-electron chi connectivity index (χ4n) is 4.16. The lowest BCUT2D eigenvalue weighted by Crippen LogP contribution is -2.31. The van der Waals surface area contributed by atoms with Crippen LogP contribution in [0.25, 0.3) is 22.2 Å². The highest BCUT2D eigenvalue weighted by Gasteiger charge is 2.22. The maximum absolute atomic E-state index is 13.0. The predicted molar refractivity (Wildman–Crippen MR) is 147 cm³/mol. The number of nitrogens with zero attached hydrogens (tertiary/aromatic N) is 5. The van der Waals surface area contributed by atoms with E-state index in [0.717, 1.165) is 12.8 Å². The Morgan fingerprint density at radius 2 is 1.89 bits per heavy atom. The van der Waals surface area contributed by atoms with Crippen molar-refractivity contribution in [3.8, 4) is 0 Å². The van der Waals surface area contributed by atoms with E-state index in [1.165, 1.54) is 27.7 Å². The summed E-state index contributed by atoms with van der Waals surface area (Å²) >= 11 is 1.39. The first-order valence-electron chi connectivity index (χ1n) is 12.6. The highest BCUT2D eigenvalue weighted by molar-refractivity contribution is 7.98. The topological polar surface area (TPSA) is 148 Å². The molecule has 0 fully saturated rings. The van der Waals surface area contributed by atoms with Crippen molar-refractivity contribution >= 4 is 44.0 Å². The van der Waals surface area contributed by atoms with Gasteiger partial charge in [0.15, 0.2) is 16.3 Å². The number of unbranched alkanes of at least 4 members (excludes halogenated alkanes) is 1. The highest BCUT2D eigenvalue weighted by Crippen LogP contribution is 2.26. The summed E-state index contributed by atoms with van der Waals surface area (Å²) in [5, 5.41) is 0.589. The smallest absolute Gasteiger partial charge is 0.330 e. The van der Waals surface area contributed by atoms with Crippen molar-refractivity contribution in [2.75, 3.05) is 26.8 Å². The Morgan fingerprint density at radius 3 is 2.61 bits per heavy atom. The van der Waals surface area contributed by atoms with Gasteiger partial charge in [-0.05, 0) is 38.5 Å². The highest BCUT2D eigenvalue weighted by atomic mass is 32.2. The van der Waals surface area contributed by atoms with E-state index >= 15 is 0 Å². The molecule has 0 spiro atoms. The maximum Gasteiger partial charge on any atom is 0.330 e. The van der Waals surface area contributed by atoms with Crippen LogP contribution < -0.4 is 11.2 Å². The molecule has 0 radical (unpaired) electrons. The van der Waals surface area contributed by atoms with Crippen LogP contribution in [0.3, 0.4) is 0 Å². The van der Waals surface area contributed by atoms with E-state index in [1.807, 2.05) is 25.3 Å². The van der Waals surface area contributed by atoms with E-state index in [2.05, 4.69) is 19.9 Å². The number of fused-ring (bicyclic) bond motifs is 2. The zero-order valence-corrected chi connectivity index (χ0v) is 23.6. The maximum atomic E-state index is 13.0. The van der Waals surface area contributed by atoms with Gasteiger partial charge in [-0.25, -0.2) is 23.2 Å². The lowest BCUT2D eigenvalue weighted by Gasteiger charge is -2.16. The number of rotatable bonds is 13. The summed E-state index contributed by atoms with van der Waals surface area (Å²) in [5.41, 5.74) is 1.09. The lowest BCUT2D eigenvalue weighted by molar-refractivity contribution is 0.138. The molecular formula is C24H33N7O5S2. The number of imidazole rings is 2. The van der Waals surface area contributed by atoms with Gasteiger partial charge in [-0.3, -0.25) is 14.3 Å². The van der Waals surface area contributed by atoms with E-state index in [9.17, 15) is 18.0 Å². The van der Waals surface area contributed by atoms with Gasteiger partial charge in [0.25, 0.3) is 5.56 Å². The number of likely N-dealkylation sites (N-methyl/N-ethyl adjacent to an activating group) is 1. The van der Waals surface area contributed by atoms with Gasteiger partial charge in [0, 0.05) is 33.3 Å². The van der Waals surface area contributed by atoms with Crippen molar-refractivity contribution in [3.63, 3.8) is 0 Å². The van der Waals surface area contributed by atoms with Crippen LogP contribution in [-0.2, 0) is 33.6 Å². The SMILES string of the molecule is CCCCn1c(=O)[nH]c(=O)c2c1nc(CSc1nc3ccc(S(=O)(=O)N(C)CCOCC)cc3[nH]1)n2CC. The summed E-state index contributed by atoms with van der Waals surface area (Å²) in [5.74, 6) is 1.04. The van der Waals surface area contributed by atoms with Crippen molar-refractivity contribution in [1.82, 2.24) is 33.4 Å². The standard InChI is InChI=1S/C24H33N7O5S2/c1-5-8-11-31-21-20(22(32)28-24(31)33)30(6-2)19(27-21)15-37-23-25-17-10-9-16(14-18(17)26-23)38(34,35)29(4)12-13-36-7-3/h9-10,14H,5-8,11-13,15H2,1-4H3,(H,25,26)(H,28,32,33). The monoisotopic (exact) mass is 563 g/mol. The van der Waals surface area contributed by atoms with Gasteiger partial charge < -0.3 is 14.3 Å². The zero-order valence-electron chi connectivity index (χ0n) is 22.0. The number of nitrogens with one attached hydrogen (secondary N) is 2. The van der Waals surface area contributed by atoms with Gasteiger partial charge in [0.05, 0.1) is 28.3 Å². The molecule has 0 atom stereocenters. The summed E-state index contributed by atoms with van der Waals surface area (Å²) in [7, 11) is -2.15. The molecule has 0 saturated carbocycles. The van der Waals surface area contributed by atoms with Gasteiger partial charge in [-0.1, -0.05) is 25.1 Å². The Hall–Kier alpha value is -2.94. The number of aromatic nitrogens is 6. The summed E-state index contributed by atoms with van der Waals surface area (Å²) in [6, 6.07) is 4.79. The van der Waals surface area contributed by atoms with E-state index in [4.69, 9.17) is 4.74 Å². The lowest BCUT2D eigenvalue weighted by atomic mass is 10.3. The van der Waals surface area contributed by atoms with Crippen molar-refractivity contribution in [2.45, 2.75) is 62.5 Å². The van der Waals surface area contributed by atoms with Gasteiger partial charge in [-0.2, -0.15) is 4.31 Å². The molecule has 0 saturated heterocycles. The number of aryl methyl sites for hydroxylation is 2. The van der Waals surface area contributed by atoms with Crippen LogP contribution in [0, 0.1) is 0 Å². The molecule has 0 aliphatic heterocycles. The average Bonchev–Trinajstić information content (AvgIpc) is 3.47. The molecule has 14 heteroatoms. The fraction of sp³-hybridized carbons (Fsp3) is 0.500. The van der Waals surface area contributed by atoms with Crippen LogP contribution >= 0.6 is 11.8 Å². The number of sulfonamides is 1. The molecule has 1 aromatic carbocycles. The second-order valence-electron chi connectivity index (χ2n) is 8.74. The Balaban J connectivity index is 1.59. The number of aromatic amines is 2. The fourth-order valence-corrected chi connectivity index (χ4v) is 6.17. The first-order valence-corrected chi connectivity index (χ1v) is 15.0. The molecule has 0 unspecified atom stereocenters. The largest absolute Gasteiger partial charge is 0.380 e. The first kappa shape index (κ1) is 28.1. The Kier molecular flexibility index (Phi) is 8.75. The second-order valence-corrected chi connectivity index (χ2v) is 11.8. The van der Waals surface area contributed by atoms with Crippen LogP contribution in [0.5, 0.6) is 0 Å². The van der Waals surface area contributed by atoms with Crippen LogP contribution in [-0.4, -0.2) is 68.6 Å².